The quantitative estimate of drug-likeness (QED) is 0.532. The van der Waals surface area contributed by atoms with Gasteiger partial charge in [0.05, 0.1) is 0 Å². The van der Waals surface area contributed by atoms with Gasteiger partial charge >= 0.3 is 0 Å². The van der Waals surface area contributed by atoms with Crippen molar-refractivity contribution in [2.45, 2.75) is 33.0 Å². The molecule has 0 aromatic carbocycles. The molecular formula is C24H23N7O. The van der Waals surface area contributed by atoms with Crippen LogP contribution in [0.5, 0.6) is 0 Å². The summed E-state index contributed by atoms with van der Waals surface area (Å²) < 4.78 is 3.59. The van der Waals surface area contributed by atoms with Crippen molar-refractivity contribution in [1.82, 2.24) is 28.9 Å². The number of hydrogen-bond donors (Lipinski definition) is 1. The number of allylic oxidation sites excluding steroid dienone is 1. The van der Waals surface area contributed by atoms with Crippen LogP contribution in [-0.4, -0.2) is 41.6 Å². The second-order valence-electron chi connectivity index (χ2n) is 8.44. The van der Waals surface area contributed by atoms with E-state index >= 15 is 0 Å². The summed E-state index contributed by atoms with van der Waals surface area (Å²) in [5, 5.41) is 0. The van der Waals surface area contributed by atoms with E-state index in [2.05, 4.69) is 45.5 Å². The Morgan fingerprint density at radius 2 is 1.97 bits per heavy atom. The highest BCUT2D eigenvalue weighted by molar-refractivity contribution is 5.66. The minimum absolute atomic E-state index is 0.0662. The largest absolute Gasteiger partial charge is 0.306 e. The maximum absolute atomic E-state index is 12.4. The first kappa shape index (κ1) is 18.9. The van der Waals surface area contributed by atoms with Gasteiger partial charge in [-0.2, -0.15) is 0 Å². The van der Waals surface area contributed by atoms with Crippen molar-refractivity contribution in [2.75, 3.05) is 12.0 Å². The van der Waals surface area contributed by atoms with Crippen molar-refractivity contribution in [1.29, 1.82) is 0 Å². The van der Waals surface area contributed by atoms with Gasteiger partial charge in [0.2, 0.25) is 0 Å². The third kappa shape index (κ3) is 2.95. The van der Waals surface area contributed by atoms with Gasteiger partial charge in [0, 0.05) is 73.4 Å². The number of pyridine rings is 2. The number of imidazole rings is 1. The van der Waals surface area contributed by atoms with E-state index in [0.29, 0.717) is 5.82 Å². The molecule has 0 saturated carbocycles. The molecule has 0 amide bonds. The minimum Gasteiger partial charge on any atom is -0.306 e. The van der Waals surface area contributed by atoms with E-state index in [0.717, 1.165) is 47.6 Å². The molecule has 32 heavy (non-hydrogen) atoms. The van der Waals surface area contributed by atoms with Crippen LogP contribution in [0.2, 0.25) is 0 Å². The average Bonchev–Trinajstić information content (AvgIpc) is 3.29. The number of fused-ring (bicyclic) bond motifs is 3. The molecule has 160 valence electrons. The van der Waals surface area contributed by atoms with Crippen LogP contribution in [0, 0.1) is 0 Å². The third-order valence-corrected chi connectivity index (χ3v) is 6.59. The fourth-order valence-electron chi connectivity index (χ4n) is 4.67. The Balaban J connectivity index is 1.33. The van der Waals surface area contributed by atoms with Crippen molar-refractivity contribution in [2.24, 2.45) is 0 Å². The Morgan fingerprint density at radius 3 is 2.88 bits per heavy atom. The van der Waals surface area contributed by atoms with Gasteiger partial charge in [-0.1, -0.05) is 0 Å². The molecule has 4 aromatic rings. The lowest BCUT2D eigenvalue weighted by Gasteiger charge is -2.40. The van der Waals surface area contributed by atoms with E-state index in [4.69, 9.17) is 4.98 Å². The molecule has 2 aliphatic rings. The summed E-state index contributed by atoms with van der Waals surface area (Å²) in [5.74, 6) is 0.683. The summed E-state index contributed by atoms with van der Waals surface area (Å²) >= 11 is 0. The fraction of sp³-hybridized carbons (Fsp3) is 0.250. The maximum Gasteiger partial charge on any atom is 0.272 e. The summed E-state index contributed by atoms with van der Waals surface area (Å²) in [6.07, 6.45) is 10.2. The van der Waals surface area contributed by atoms with E-state index in [1.54, 1.807) is 17.1 Å². The van der Waals surface area contributed by atoms with Crippen LogP contribution in [0.1, 0.15) is 30.9 Å². The SMILES string of the molecule is CC1=C(C)C(N2CCc3ncc(-c4ccc5nccn5c4)cc3C2)Nn2c1nccc2=O. The predicted molar refractivity (Wildman–Crippen MR) is 122 cm³/mol. The molecule has 0 saturated heterocycles. The molecule has 6 rings (SSSR count). The van der Waals surface area contributed by atoms with E-state index in [-0.39, 0.29) is 11.7 Å². The molecule has 4 aromatic heterocycles. The van der Waals surface area contributed by atoms with Gasteiger partial charge in [0.25, 0.3) is 5.56 Å². The number of nitrogens with zero attached hydrogens (tertiary/aromatic N) is 6. The smallest absolute Gasteiger partial charge is 0.272 e. The van der Waals surface area contributed by atoms with Gasteiger partial charge in [-0.05, 0) is 48.8 Å². The minimum atomic E-state index is -0.0943. The molecule has 0 radical (unpaired) electrons. The standard InChI is InChI=1S/C24H23N7O/c1-15-16(2)24(28-31-22(32)5-7-26-23(15)31)30-9-6-20-19(14-30)11-18(12-27-20)17-3-4-21-25-8-10-29(21)13-17/h3-5,7-8,10-13,24,28H,6,9,14H2,1-2H3. The molecule has 1 atom stereocenters. The topological polar surface area (TPSA) is 80.4 Å². The molecule has 0 spiro atoms. The second-order valence-corrected chi connectivity index (χ2v) is 8.44. The zero-order chi connectivity index (χ0) is 21.8. The highest BCUT2D eigenvalue weighted by atomic mass is 16.1. The summed E-state index contributed by atoms with van der Waals surface area (Å²) in [4.78, 5) is 28.3. The Labute approximate surface area is 184 Å². The summed E-state index contributed by atoms with van der Waals surface area (Å²) in [5.41, 5.74) is 11.0. The van der Waals surface area contributed by atoms with Gasteiger partial charge < -0.3 is 4.40 Å². The number of aromatic nitrogens is 5. The third-order valence-electron chi connectivity index (χ3n) is 6.59. The second kappa shape index (κ2) is 7.13. The predicted octanol–water partition coefficient (Wildman–Crippen LogP) is 2.69. The van der Waals surface area contributed by atoms with Gasteiger partial charge in [-0.3, -0.25) is 20.1 Å². The van der Waals surface area contributed by atoms with Crippen LogP contribution in [-0.2, 0) is 13.0 Å². The van der Waals surface area contributed by atoms with E-state index in [9.17, 15) is 4.79 Å². The number of hydrogen-bond acceptors (Lipinski definition) is 6. The van der Waals surface area contributed by atoms with E-state index in [1.807, 2.05) is 29.8 Å². The number of rotatable bonds is 2. The molecule has 8 nitrogen and oxygen atoms in total. The normalized spacial score (nSPS) is 18.4. The van der Waals surface area contributed by atoms with Crippen LogP contribution >= 0.6 is 0 Å². The lowest BCUT2D eigenvalue weighted by Crippen LogP contribution is -2.52. The molecule has 2 aliphatic heterocycles. The van der Waals surface area contributed by atoms with Gasteiger partial charge in [-0.15, -0.1) is 0 Å². The Kier molecular flexibility index (Phi) is 4.22. The Bertz CT molecular complexity index is 1450. The molecule has 8 heteroatoms. The highest BCUT2D eigenvalue weighted by Crippen LogP contribution is 2.29. The molecule has 0 aliphatic carbocycles. The van der Waals surface area contributed by atoms with E-state index < -0.39 is 0 Å². The van der Waals surface area contributed by atoms with Crippen molar-refractivity contribution in [3.05, 3.63) is 88.3 Å². The van der Waals surface area contributed by atoms with Crippen LogP contribution < -0.4 is 11.0 Å². The van der Waals surface area contributed by atoms with Crippen LogP contribution in [0.25, 0.3) is 22.3 Å². The molecule has 1 unspecified atom stereocenters. The van der Waals surface area contributed by atoms with Gasteiger partial charge in [-0.25, -0.2) is 14.6 Å². The maximum atomic E-state index is 12.4. The molecule has 6 heterocycles. The van der Waals surface area contributed by atoms with Crippen molar-refractivity contribution in [3.8, 4) is 11.1 Å². The monoisotopic (exact) mass is 425 g/mol. The Morgan fingerprint density at radius 1 is 1.06 bits per heavy atom. The zero-order valence-electron chi connectivity index (χ0n) is 18.0. The van der Waals surface area contributed by atoms with Crippen LogP contribution in [0.4, 0.5) is 0 Å². The van der Waals surface area contributed by atoms with Crippen LogP contribution in [0.15, 0.2) is 65.6 Å². The van der Waals surface area contributed by atoms with Crippen molar-refractivity contribution >= 4 is 11.2 Å². The lowest BCUT2D eigenvalue weighted by molar-refractivity contribution is 0.204. The summed E-state index contributed by atoms with van der Waals surface area (Å²) in [6.45, 7) is 5.77. The summed E-state index contributed by atoms with van der Waals surface area (Å²) in [6, 6.07) is 7.83. The first-order valence-corrected chi connectivity index (χ1v) is 10.8. The average molecular weight is 425 g/mol. The fourth-order valence-corrected chi connectivity index (χ4v) is 4.67. The van der Waals surface area contributed by atoms with Gasteiger partial charge in [0.1, 0.15) is 11.8 Å². The molecule has 0 fully saturated rings. The van der Waals surface area contributed by atoms with Crippen molar-refractivity contribution < 1.29 is 0 Å². The Hall–Kier alpha value is -3.78. The first-order chi connectivity index (χ1) is 15.6. The molecule has 0 bridgehead atoms. The molecule has 1 N–H and O–H groups in total. The highest BCUT2D eigenvalue weighted by Gasteiger charge is 2.31. The van der Waals surface area contributed by atoms with Crippen molar-refractivity contribution in [3.63, 3.8) is 0 Å². The molecular weight excluding hydrogens is 402 g/mol. The summed E-state index contributed by atoms with van der Waals surface area (Å²) in [7, 11) is 0. The van der Waals surface area contributed by atoms with Crippen LogP contribution in [0.3, 0.4) is 0 Å². The van der Waals surface area contributed by atoms with Gasteiger partial charge in [0.15, 0.2) is 5.82 Å². The lowest BCUT2D eigenvalue weighted by atomic mass is 9.98. The first-order valence-electron chi connectivity index (χ1n) is 10.8. The zero-order valence-corrected chi connectivity index (χ0v) is 18.0. The number of nitrogens with one attached hydrogen (secondary N) is 1. The van der Waals surface area contributed by atoms with E-state index in [1.165, 1.54) is 17.2 Å².